The molecule has 0 saturated heterocycles. The van der Waals surface area contributed by atoms with E-state index in [4.69, 9.17) is 9.46 Å². The SMILES string of the molecule is O=PO.[Mn]. The van der Waals surface area contributed by atoms with Gasteiger partial charge < -0.3 is 4.89 Å². The Hall–Kier alpha value is 0.579. The molecule has 0 saturated carbocycles. The standard InChI is InChI=1S/Mn.HO2P/c;1-3-2/h;(H,1,2). The molecule has 0 aromatic heterocycles. The van der Waals surface area contributed by atoms with Gasteiger partial charge in [0.05, 0.1) is 0 Å². The fraction of sp³-hybridized carbons (Fsp3) is 0. The second kappa shape index (κ2) is 9.55. The average molecular weight is 119 g/mol. The summed E-state index contributed by atoms with van der Waals surface area (Å²) in [5, 5.41) is 0. The Balaban J connectivity index is 0. The van der Waals surface area contributed by atoms with Crippen LogP contribution >= 0.6 is 8.69 Å². The summed E-state index contributed by atoms with van der Waals surface area (Å²) in [6.45, 7) is 0. The minimum Gasteiger partial charge on any atom is -0.310 e. The zero-order valence-corrected chi connectivity index (χ0v) is 3.76. The maximum Gasteiger partial charge on any atom is 0.324 e. The van der Waals surface area contributed by atoms with Crippen molar-refractivity contribution >= 4 is 8.69 Å². The van der Waals surface area contributed by atoms with Crippen molar-refractivity contribution in [3.05, 3.63) is 0 Å². The van der Waals surface area contributed by atoms with Crippen LogP contribution < -0.4 is 0 Å². The summed E-state index contributed by atoms with van der Waals surface area (Å²) in [7, 11) is -0.833. The van der Waals surface area contributed by atoms with Crippen LogP contribution in [0, 0.1) is 0 Å². The van der Waals surface area contributed by atoms with Gasteiger partial charge in [-0.2, -0.15) is 0 Å². The quantitative estimate of drug-likeness (QED) is 0.364. The first-order chi connectivity index (χ1) is 1.41. The predicted molar refractivity (Wildman–Crippen MR) is 9.83 cm³/mol. The molecule has 0 unspecified atom stereocenters. The number of hydrogen-bond donors (Lipinski definition) is 1. The van der Waals surface area contributed by atoms with Crippen LogP contribution in [0.2, 0.25) is 0 Å². The smallest absolute Gasteiger partial charge is 0.310 e. The summed E-state index contributed by atoms with van der Waals surface area (Å²) < 4.78 is 8.46. The van der Waals surface area contributed by atoms with Gasteiger partial charge in [-0.3, -0.25) is 0 Å². The first-order valence-electron chi connectivity index (χ1n) is 0.383. The molecule has 0 amide bonds. The molecule has 1 N–H and O–H groups in total. The molecule has 0 aromatic rings. The Bertz CT molecular complexity index is 13.5. The zero-order chi connectivity index (χ0) is 2.71. The molecular weight excluding hydrogens is 118 g/mol. The Kier molecular flexibility index (Phi) is 21.0. The maximum absolute atomic E-state index is 8.46. The molecule has 0 bridgehead atoms. The van der Waals surface area contributed by atoms with Crippen LogP contribution in [-0.4, -0.2) is 4.89 Å². The van der Waals surface area contributed by atoms with Gasteiger partial charge in [0, 0.05) is 17.1 Å². The minimum atomic E-state index is -0.833. The average Bonchev–Trinajstić information content (AvgIpc) is 0.918. The molecule has 1 radical (unpaired) electrons. The summed E-state index contributed by atoms with van der Waals surface area (Å²) in [6.07, 6.45) is 0. The van der Waals surface area contributed by atoms with Gasteiger partial charge in [-0.1, -0.05) is 0 Å². The van der Waals surface area contributed by atoms with Crippen molar-refractivity contribution in [1.29, 1.82) is 0 Å². The Morgan fingerprint density at radius 1 is 1.75 bits per heavy atom. The van der Waals surface area contributed by atoms with E-state index < -0.39 is 8.69 Å². The number of hydrogen-bond acceptors (Lipinski definition) is 1. The van der Waals surface area contributed by atoms with Crippen molar-refractivity contribution in [2.24, 2.45) is 0 Å². The van der Waals surface area contributed by atoms with Crippen LogP contribution in [0.4, 0.5) is 0 Å². The molecule has 0 aliphatic carbocycles. The van der Waals surface area contributed by atoms with E-state index in [2.05, 4.69) is 0 Å². The van der Waals surface area contributed by atoms with E-state index in [-0.39, 0.29) is 17.1 Å². The van der Waals surface area contributed by atoms with Gasteiger partial charge in [0.2, 0.25) is 0 Å². The fourth-order valence-corrected chi connectivity index (χ4v) is 0. The third-order valence-corrected chi connectivity index (χ3v) is 0. The van der Waals surface area contributed by atoms with Crippen LogP contribution in [0.3, 0.4) is 0 Å². The molecule has 4 heavy (non-hydrogen) atoms. The van der Waals surface area contributed by atoms with Crippen LogP contribution in [0.25, 0.3) is 0 Å². The maximum atomic E-state index is 8.46. The normalized spacial score (nSPS) is 5.25. The van der Waals surface area contributed by atoms with Crippen molar-refractivity contribution in [2.45, 2.75) is 0 Å². The van der Waals surface area contributed by atoms with E-state index >= 15 is 0 Å². The van der Waals surface area contributed by atoms with Crippen LogP contribution in [0.15, 0.2) is 0 Å². The third-order valence-electron chi connectivity index (χ3n) is 0. The van der Waals surface area contributed by atoms with Gasteiger partial charge in [-0.15, -0.1) is 0 Å². The molecule has 0 fully saturated rings. The van der Waals surface area contributed by atoms with Crippen LogP contribution in [-0.2, 0) is 21.6 Å². The summed E-state index contributed by atoms with van der Waals surface area (Å²) in [5.41, 5.74) is 0. The largest absolute Gasteiger partial charge is 0.324 e. The first-order valence-corrected chi connectivity index (χ1v) is 1.15. The molecule has 2 nitrogen and oxygen atoms in total. The molecule has 0 aliphatic rings. The summed E-state index contributed by atoms with van der Waals surface area (Å²) in [4.78, 5) is 6.99. The Morgan fingerprint density at radius 2 is 1.75 bits per heavy atom. The van der Waals surface area contributed by atoms with Crippen LogP contribution in [0.1, 0.15) is 0 Å². The summed E-state index contributed by atoms with van der Waals surface area (Å²) in [5.74, 6) is 0. The van der Waals surface area contributed by atoms with Crippen molar-refractivity contribution in [2.75, 3.05) is 0 Å². The van der Waals surface area contributed by atoms with E-state index in [9.17, 15) is 0 Å². The molecule has 0 spiro atoms. The monoisotopic (exact) mass is 119 g/mol. The van der Waals surface area contributed by atoms with Gasteiger partial charge in [-0.25, -0.2) is 4.57 Å². The van der Waals surface area contributed by atoms with Crippen LogP contribution in [0.5, 0.6) is 0 Å². The predicted octanol–water partition coefficient (Wildman–Crippen LogP) is 0.183. The van der Waals surface area contributed by atoms with E-state index in [1.807, 2.05) is 0 Å². The van der Waals surface area contributed by atoms with Gasteiger partial charge >= 0.3 is 8.69 Å². The summed E-state index contributed by atoms with van der Waals surface area (Å²) >= 11 is 0. The summed E-state index contributed by atoms with van der Waals surface area (Å²) in [6, 6.07) is 0. The third kappa shape index (κ3) is 19.2. The number of rotatable bonds is 0. The van der Waals surface area contributed by atoms with E-state index in [1.54, 1.807) is 0 Å². The van der Waals surface area contributed by atoms with Crippen molar-refractivity contribution in [1.82, 2.24) is 0 Å². The van der Waals surface area contributed by atoms with E-state index in [0.717, 1.165) is 0 Å². The van der Waals surface area contributed by atoms with E-state index in [1.165, 1.54) is 0 Å². The second-order valence-electron chi connectivity index (χ2n) is 0.0816. The molecule has 25 valence electrons. The minimum absolute atomic E-state index is 0. The molecule has 4 heteroatoms. The van der Waals surface area contributed by atoms with E-state index in [0.29, 0.717) is 0 Å². The fourth-order valence-electron chi connectivity index (χ4n) is 0. The molecular formula is HMnO2P. The molecule has 0 rings (SSSR count). The Labute approximate surface area is 36.0 Å². The van der Waals surface area contributed by atoms with Crippen molar-refractivity contribution < 1.29 is 26.5 Å². The molecule has 0 aliphatic heterocycles. The topological polar surface area (TPSA) is 37.3 Å². The van der Waals surface area contributed by atoms with Gasteiger partial charge in [-0.05, 0) is 0 Å². The second-order valence-corrected chi connectivity index (χ2v) is 0.245. The zero-order valence-electron chi connectivity index (χ0n) is 1.68. The van der Waals surface area contributed by atoms with Gasteiger partial charge in [0.15, 0.2) is 0 Å². The Morgan fingerprint density at radius 3 is 1.75 bits per heavy atom. The molecule has 0 atom stereocenters. The molecule has 0 aromatic carbocycles. The van der Waals surface area contributed by atoms with Crippen molar-refractivity contribution in [3.63, 3.8) is 0 Å². The van der Waals surface area contributed by atoms with Gasteiger partial charge in [0.1, 0.15) is 0 Å². The molecule has 0 heterocycles. The van der Waals surface area contributed by atoms with Gasteiger partial charge in [0.25, 0.3) is 0 Å². The van der Waals surface area contributed by atoms with Crippen molar-refractivity contribution in [3.8, 4) is 0 Å². The first kappa shape index (κ1) is 8.82.